The zero-order valence-corrected chi connectivity index (χ0v) is 9.94. The molecule has 4 atom stereocenters. The number of hydrogen-bond acceptors (Lipinski definition) is 6. The number of nitrogens with one attached hydrogen (secondary N) is 2. The molecule has 0 spiro atoms. The summed E-state index contributed by atoms with van der Waals surface area (Å²) in [6, 6.07) is 0. The Bertz CT molecular complexity index is 888. The molecule has 1 fully saturated rings. The fourth-order valence-electron chi connectivity index (χ4n) is 2.87. The van der Waals surface area contributed by atoms with Crippen molar-refractivity contribution in [3.05, 3.63) is 31.3 Å². The highest BCUT2D eigenvalue weighted by molar-refractivity contribution is 5.70. The van der Waals surface area contributed by atoms with Crippen molar-refractivity contribution in [2.24, 2.45) is 0 Å². The summed E-state index contributed by atoms with van der Waals surface area (Å²) >= 11 is 0. The van der Waals surface area contributed by atoms with Crippen LogP contribution in [0.15, 0.2) is 14.4 Å². The van der Waals surface area contributed by atoms with Crippen LogP contribution >= 0.6 is 0 Å². The summed E-state index contributed by atoms with van der Waals surface area (Å²) in [5.74, 6) is 0. The van der Waals surface area contributed by atoms with Gasteiger partial charge < -0.3 is 14.9 Å². The van der Waals surface area contributed by atoms with E-state index in [1.165, 1.54) is 0 Å². The second-order valence-electron chi connectivity index (χ2n) is 4.91. The lowest BCUT2D eigenvalue weighted by Crippen LogP contribution is -2.41. The number of hydrogen-bond donors (Lipinski definition) is 4. The second-order valence-corrected chi connectivity index (χ2v) is 4.91. The van der Waals surface area contributed by atoms with E-state index in [4.69, 9.17) is 4.74 Å². The molecule has 0 radical (unpaired) electrons. The lowest BCUT2D eigenvalue weighted by Gasteiger charge is -2.18. The third-order valence-electron chi connectivity index (χ3n) is 3.81. The summed E-state index contributed by atoms with van der Waals surface area (Å²) in [6.07, 6.45) is -4.49. The van der Waals surface area contributed by atoms with Crippen LogP contribution in [0.1, 0.15) is 6.23 Å². The van der Waals surface area contributed by atoms with Crippen molar-refractivity contribution in [1.82, 2.24) is 19.1 Å². The van der Waals surface area contributed by atoms with Crippen LogP contribution < -0.4 is 16.9 Å². The molecule has 2 aliphatic rings. The molecule has 2 aromatic heterocycles. The van der Waals surface area contributed by atoms with Gasteiger partial charge in [-0.1, -0.05) is 0 Å². The van der Waals surface area contributed by atoms with Gasteiger partial charge in [0.05, 0.1) is 6.54 Å². The first-order valence-electron chi connectivity index (χ1n) is 5.98. The van der Waals surface area contributed by atoms with E-state index in [9.17, 15) is 24.6 Å². The molecule has 0 aromatic carbocycles. The Morgan fingerprint density at radius 1 is 1.10 bits per heavy atom. The van der Waals surface area contributed by atoms with E-state index in [0.717, 1.165) is 9.13 Å². The Morgan fingerprint density at radius 2 is 1.85 bits per heavy atom. The van der Waals surface area contributed by atoms with E-state index >= 15 is 0 Å². The van der Waals surface area contributed by atoms with Crippen LogP contribution in [0.5, 0.6) is 0 Å². The Morgan fingerprint density at radius 3 is 2.60 bits per heavy atom. The number of aliphatic hydroxyl groups excluding tert-OH is 2. The average molecular weight is 282 g/mol. The molecule has 4 unspecified atom stereocenters. The molecular weight excluding hydrogens is 272 g/mol. The fourth-order valence-corrected chi connectivity index (χ4v) is 2.87. The van der Waals surface area contributed by atoms with Gasteiger partial charge in [0.2, 0.25) is 0 Å². The highest BCUT2D eigenvalue weighted by atomic mass is 16.6. The van der Waals surface area contributed by atoms with Crippen LogP contribution in [-0.4, -0.2) is 47.6 Å². The number of aliphatic hydroxyl groups is 2. The van der Waals surface area contributed by atoms with Crippen molar-refractivity contribution in [2.75, 3.05) is 0 Å². The minimum atomic E-state index is -1.31. The second kappa shape index (κ2) is 3.48. The zero-order valence-electron chi connectivity index (χ0n) is 9.94. The largest absolute Gasteiger partial charge is 0.387 e. The van der Waals surface area contributed by atoms with Crippen molar-refractivity contribution >= 4 is 11.2 Å². The first-order valence-corrected chi connectivity index (χ1v) is 5.98. The molecule has 10 nitrogen and oxygen atoms in total. The molecule has 2 aliphatic heterocycles. The normalized spacial score (nSPS) is 31.7. The van der Waals surface area contributed by atoms with Gasteiger partial charge in [0.1, 0.15) is 18.3 Å². The van der Waals surface area contributed by atoms with Gasteiger partial charge in [-0.2, -0.15) is 0 Å². The molecular formula is C10H10N4O6. The van der Waals surface area contributed by atoms with Gasteiger partial charge in [0.25, 0.3) is 5.56 Å². The maximum atomic E-state index is 12.0. The van der Waals surface area contributed by atoms with Gasteiger partial charge >= 0.3 is 11.4 Å². The van der Waals surface area contributed by atoms with Crippen molar-refractivity contribution in [3.8, 4) is 0 Å². The molecule has 2 aromatic rings. The summed E-state index contributed by atoms with van der Waals surface area (Å²) < 4.78 is 7.56. The van der Waals surface area contributed by atoms with Gasteiger partial charge in [-0.15, -0.1) is 0 Å². The average Bonchev–Trinajstić information content (AvgIpc) is 2.79. The van der Waals surface area contributed by atoms with E-state index in [1.54, 1.807) is 0 Å². The van der Waals surface area contributed by atoms with Crippen molar-refractivity contribution in [1.29, 1.82) is 0 Å². The van der Waals surface area contributed by atoms with E-state index in [1.807, 2.05) is 0 Å². The molecule has 10 heteroatoms. The van der Waals surface area contributed by atoms with E-state index in [-0.39, 0.29) is 17.7 Å². The number of aromatic nitrogens is 4. The smallest absolute Gasteiger partial charge is 0.330 e. The maximum Gasteiger partial charge on any atom is 0.330 e. The van der Waals surface area contributed by atoms with Crippen LogP contribution in [-0.2, 0) is 11.3 Å². The number of nitrogens with zero attached hydrogens (tertiary/aromatic N) is 2. The van der Waals surface area contributed by atoms with Gasteiger partial charge in [0.15, 0.2) is 17.4 Å². The molecule has 0 aliphatic carbocycles. The third kappa shape index (κ3) is 1.20. The van der Waals surface area contributed by atoms with Gasteiger partial charge in [-0.25, -0.2) is 14.2 Å². The number of aromatic amines is 2. The lowest BCUT2D eigenvalue weighted by molar-refractivity contribution is -0.0348. The summed E-state index contributed by atoms with van der Waals surface area (Å²) in [6.45, 7) is -0.0713. The Labute approximate surface area is 108 Å². The Hall–Kier alpha value is -2.17. The third-order valence-corrected chi connectivity index (χ3v) is 3.81. The van der Waals surface area contributed by atoms with Gasteiger partial charge in [-0.3, -0.25) is 19.3 Å². The summed E-state index contributed by atoms with van der Waals surface area (Å²) in [5, 5.41) is 19.8. The Balaban J connectivity index is 2.20. The first kappa shape index (κ1) is 11.6. The maximum absolute atomic E-state index is 12.0. The highest BCUT2D eigenvalue weighted by Gasteiger charge is 2.47. The van der Waals surface area contributed by atoms with E-state index in [2.05, 4.69) is 9.97 Å². The minimum absolute atomic E-state index is 0.0576. The first-order chi connectivity index (χ1) is 9.49. The van der Waals surface area contributed by atoms with Crippen LogP contribution in [0.2, 0.25) is 0 Å². The quantitative estimate of drug-likeness (QED) is 0.401. The monoisotopic (exact) mass is 282 g/mol. The van der Waals surface area contributed by atoms with Gasteiger partial charge in [0, 0.05) is 0 Å². The molecule has 0 saturated carbocycles. The SMILES string of the molecule is O=c1[nH]c(=O)n2c3c1[nH]c(=O)n3C1OC(C2)C(O)C1O. The lowest BCUT2D eigenvalue weighted by atomic mass is 10.1. The molecule has 20 heavy (non-hydrogen) atoms. The number of rotatable bonds is 0. The summed E-state index contributed by atoms with van der Waals surface area (Å²) in [5.41, 5.74) is -2.11. The van der Waals surface area contributed by atoms with Crippen LogP contribution in [0, 0.1) is 0 Å². The van der Waals surface area contributed by atoms with Crippen molar-refractivity contribution in [3.63, 3.8) is 0 Å². The van der Waals surface area contributed by atoms with Crippen LogP contribution in [0.3, 0.4) is 0 Å². The predicted molar refractivity (Wildman–Crippen MR) is 63.4 cm³/mol. The summed E-state index contributed by atoms with van der Waals surface area (Å²) in [4.78, 5) is 40.0. The number of ether oxygens (including phenoxy) is 1. The minimum Gasteiger partial charge on any atom is -0.387 e. The van der Waals surface area contributed by atoms with Crippen LogP contribution in [0.25, 0.3) is 11.2 Å². The number of H-pyrrole nitrogens is 2. The van der Waals surface area contributed by atoms with Crippen LogP contribution in [0.4, 0.5) is 0 Å². The fraction of sp³-hybridized carbons (Fsp3) is 0.500. The molecule has 0 amide bonds. The van der Waals surface area contributed by atoms with E-state index < -0.39 is 41.5 Å². The van der Waals surface area contributed by atoms with E-state index in [0.29, 0.717) is 0 Å². The zero-order chi connectivity index (χ0) is 14.2. The molecule has 106 valence electrons. The van der Waals surface area contributed by atoms with Crippen molar-refractivity contribution < 1.29 is 14.9 Å². The van der Waals surface area contributed by atoms with Crippen molar-refractivity contribution in [2.45, 2.75) is 31.1 Å². The number of imidazole rings is 1. The Kier molecular flexibility index (Phi) is 2.02. The predicted octanol–water partition coefficient (Wildman–Crippen LogP) is -3.19. The molecule has 1 saturated heterocycles. The molecule has 4 N–H and O–H groups in total. The molecule has 4 heterocycles. The topological polar surface area (TPSA) is 142 Å². The molecule has 4 rings (SSSR count). The number of fused-ring (bicyclic) bond motifs is 3. The molecule has 2 bridgehead atoms. The highest BCUT2D eigenvalue weighted by Crippen LogP contribution is 2.33. The summed E-state index contributed by atoms with van der Waals surface area (Å²) in [7, 11) is 0. The standard InChI is InChI=1S/C10H10N4O6/c15-4-2-1-13-7-3(6(17)12-9(13)18)11-10(19)14(7)8(20-2)5(4)16/h2,4-5,8,15-16H,1H2,(H,11,19)(H,12,17,18). The van der Waals surface area contributed by atoms with Gasteiger partial charge in [-0.05, 0) is 0 Å².